The SMILES string of the molecule is O=C(Nc1ccc(Oc2ccccc2)nc1)c1nnc(Nc2ccccc2F)o1. The summed E-state index contributed by atoms with van der Waals surface area (Å²) in [6.07, 6.45) is 1.44. The Bertz CT molecular complexity index is 1120. The minimum Gasteiger partial charge on any atom is -0.439 e. The van der Waals surface area contributed by atoms with Crippen molar-refractivity contribution in [2.75, 3.05) is 10.6 Å². The average molecular weight is 391 g/mol. The zero-order chi connectivity index (χ0) is 20.1. The molecule has 0 saturated heterocycles. The van der Waals surface area contributed by atoms with Crippen molar-refractivity contribution in [3.05, 3.63) is 84.6 Å². The highest BCUT2D eigenvalue weighted by Crippen LogP contribution is 2.21. The Morgan fingerprint density at radius 1 is 0.966 bits per heavy atom. The summed E-state index contributed by atoms with van der Waals surface area (Å²) >= 11 is 0. The van der Waals surface area contributed by atoms with Crippen molar-refractivity contribution in [3.63, 3.8) is 0 Å². The Kier molecular flexibility index (Phi) is 5.10. The van der Waals surface area contributed by atoms with Crippen LogP contribution in [0.5, 0.6) is 11.6 Å². The molecule has 0 bridgehead atoms. The Morgan fingerprint density at radius 2 is 1.76 bits per heavy atom. The van der Waals surface area contributed by atoms with Gasteiger partial charge in [-0.1, -0.05) is 35.4 Å². The number of rotatable bonds is 6. The van der Waals surface area contributed by atoms with E-state index in [0.717, 1.165) is 0 Å². The lowest BCUT2D eigenvalue weighted by Gasteiger charge is -2.06. The topological polar surface area (TPSA) is 102 Å². The fraction of sp³-hybridized carbons (Fsp3) is 0. The quantitative estimate of drug-likeness (QED) is 0.502. The summed E-state index contributed by atoms with van der Waals surface area (Å²) in [6, 6.07) is 18.3. The highest BCUT2D eigenvalue weighted by atomic mass is 19.1. The van der Waals surface area contributed by atoms with Gasteiger partial charge in [0.05, 0.1) is 17.6 Å². The van der Waals surface area contributed by atoms with Gasteiger partial charge in [0.1, 0.15) is 11.6 Å². The van der Waals surface area contributed by atoms with E-state index in [2.05, 4.69) is 25.8 Å². The van der Waals surface area contributed by atoms with E-state index in [0.29, 0.717) is 17.3 Å². The third kappa shape index (κ3) is 4.53. The van der Waals surface area contributed by atoms with E-state index in [1.54, 1.807) is 36.4 Å². The molecule has 0 aliphatic rings. The number of nitrogens with zero attached hydrogens (tertiary/aromatic N) is 3. The van der Waals surface area contributed by atoms with Crippen LogP contribution in [-0.2, 0) is 0 Å². The number of carbonyl (C=O) groups excluding carboxylic acids is 1. The zero-order valence-corrected chi connectivity index (χ0v) is 14.9. The second-order valence-corrected chi connectivity index (χ2v) is 5.77. The van der Waals surface area contributed by atoms with Gasteiger partial charge in [0.2, 0.25) is 5.88 Å². The van der Waals surface area contributed by atoms with Crippen LogP contribution in [0.2, 0.25) is 0 Å². The number of para-hydroxylation sites is 2. The number of hydrogen-bond donors (Lipinski definition) is 2. The molecule has 8 nitrogen and oxygen atoms in total. The summed E-state index contributed by atoms with van der Waals surface area (Å²) in [5, 5.41) is 12.5. The summed E-state index contributed by atoms with van der Waals surface area (Å²) in [4.78, 5) is 16.4. The summed E-state index contributed by atoms with van der Waals surface area (Å²) in [7, 11) is 0. The average Bonchev–Trinajstić information content (AvgIpc) is 3.21. The van der Waals surface area contributed by atoms with Crippen LogP contribution < -0.4 is 15.4 Å². The van der Waals surface area contributed by atoms with E-state index in [9.17, 15) is 9.18 Å². The van der Waals surface area contributed by atoms with Gasteiger partial charge >= 0.3 is 17.8 Å². The Hall–Kier alpha value is -4.27. The monoisotopic (exact) mass is 391 g/mol. The molecule has 4 aromatic rings. The molecular weight excluding hydrogens is 377 g/mol. The van der Waals surface area contributed by atoms with E-state index < -0.39 is 11.7 Å². The molecule has 144 valence electrons. The molecule has 2 N–H and O–H groups in total. The van der Waals surface area contributed by atoms with Gasteiger partial charge in [-0.2, -0.15) is 0 Å². The molecule has 2 aromatic heterocycles. The molecule has 0 aliphatic carbocycles. The van der Waals surface area contributed by atoms with Crippen molar-refractivity contribution in [1.82, 2.24) is 15.2 Å². The number of benzene rings is 2. The third-order valence-corrected chi connectivity index (χ3v) is 3.69. The maximum atomic E-state index is 13.6. The van der Waals surface area contributed by atoms with Crippen LogP contribution in [0, 0.1) is 5.82 Å². The van der Waals surface area contributed by atoms with Crippen LogP contribution in [0.1, 0.15) is 10.7 Å². The smallest absolute Gasteiger partial charge is 0.320 e. The summed E-state index contributed by atoms with van der Waals surface area (Å²) in [5.41, 5.74) is 0.568. The first kappa shape index (κ1) is 18.1. The van der Waals surface area contributed by atoms with E-state index in [1.165, 1.54) is 18.3 Å². The van der Waals surface area contributed by atoms with Gasteiger partial charge in [-0.15, -0.1) is 5.10 Å². The molecule has 4 rings (SSSR count). The van der Waals surface area contributed by atoms with E-state index in [4.69, 9.17) is 9.15 Å². The molecule has 0 unspecified atom stereocenters. The Labute approximate surface area is 164 Å². The molecule has 2 aromatic carbocycles. The van der Waals surface area contributed by atoms with Crippen molar-refractivity contribution >= 4 is 23.3 Å². The minimum absolute atomic E-state index is 0.106. The van der Waals surface area contributed by atoms with Crippen molar-refractivity contribution < 1.29 is 18.3 Å². The number of hydrogen-bond acceptors (Lipinski definition) is 7. The highest BCUT2D eigenvalue weighted by molar-refractivity contribution is 6.00. The molecule has 0 saturated carbocycles. The van der Waals surface area contributed by atoms with Crippen LogP contribution in [0.3, 0.4) is 0 Å². The van der Waals surface area contributed by atoms with Crippen LogP contribution in [0.4, 0.5) is 21.8 Å². The molecule has 1 amide bonds. The number of amides is 1. The number of carbonyl (C=O) groups is 1. The Balaban J connectivity index is 1.38. The fourth-order valence-electron chi connectivity index (χ4n) is 2.35. The van der Waals surface area contributed by atoms with Gasteiger partial charge in [0.25, 0.3) is 0 Å². The highest BCUT2D eigenvalue weighted by Gasteiger charge is 2.16. The summed E-state index contributed by atoms with van der Waals surface area (Å²) in [6.45, 7) is 0. The molecule has 0 spiro atoms. The minimum atomic E-state index is -0.627. The number of halogens is 1. The standard InChI is InChI=1S/C20H14FN5O3/c21-15-8-4-5-9-16(15)24-20-26-25-19(29-20)18(27)23-13-10-11-17(22-12-13)28-14-6-2-1-3-7-14/h1-12H,(H,23,27)(H,24,26). The third-order valence-electron chi connectivity index (χ3n) is 3.69. The lowest BCUT2D eigenvalue weighted by Crippen LogP contribution is -2.12. The second-order valence-electron chi connectivity index (χ2n) is 5.77. The van der Waals surface area contributed by atoms with Crippen molar-refractivity contribution in [3.8, 4) is 11.6 Å². The van der Waals surface area contributed by atoms with Crippen LogP contribution in [0.15, 0.2) is 77.3 Å². The number of aromatic nitrogens is 3. The van der Waals surface area contributed by atoms with Gasteiger partial charge in [0, 0.05) is 6.07 Å². The first-order valence-electron chi connectivity index (χ1n) is 8.53. The maximum Gasteiger partial charge on any atom is 0.320 e. The van der Waals surface area contributed by atoms with E-state index in [-0.39, 0.29) is 17.6 Å². The van der Waals surface area contributed by atoms with Gasteiger partial charge in [-0.25, -0.2) is 9.37 Å². The summed E-state index contributed by atoms with van der Waals surface area (Å²) in [5.74, 6) is -0.368. The fourth-order valence-corrected chi connectivity index (χ4v) is 2.35. The van der Waals surface area contributed by atoms with Crippen LogP contribution in [-0.4, -0.2) is 21.1 Å². The maximum absolute atomic E-state index is 13.6. The summed E-state index contributed by atoms with van der Waals surface area (Å²) < 4.78 is 24.5. The molecule has 0 radical (unpaired) electrons. The molecule has 2 heterocycles. The number of pyridine rings is 1. The van der Waals surface area contributed by atoms with Gasteiger partial charge in [-0.3, -0.25) is 4.79 Å². The number of anilines is 3. The van der Waals surface area contributed by atoms with Gasteiger partial charge in [-0.05, 0) is 30.3 Å². The molecule has 9 heteroatoms. The first-order chi connectivity index (χ1) is 14.2. The molecule has 0 aliphatic heterocycles. The first-order valence-corrected chi connectivity index (χ1v) is 8.53. The molecule has 0 atom stereocenters. The van der Waals surface area contributed by atoms with Gasteiger partial charge < -0.3 is 19.8 Å². The number of nitrogens with one attached hydrogen (secondary N) is 2. The van der Waals surface area contributed by atoms with Crippen LogP contribution in [0.25, 0.3) is 0 Å². The normalized spacial score (nSPS) is 10.4. The second kappa shape index (κ2) is 8.17. The lowest BCUT2D eigenvalue weighted by atomic mass is 10.3. The number of ether oxygens (including phenoxy) is 1. The largest absolute Gasteiger partial charge is 0.439 e. The van der Waals surface area contributed by atoms with E-state index in [1.807, 2.05) is 18.2 Å². The lowest BCUT2D eigenvalue weighted by molar-refractivity contribution is 0.0991. The predicted molar refractivity (Wildman–Crippen MR) is 103 cm³/mol. The van der Waals surface area contributed by atoms with Crippen LogP contribution >= 0.6 is 0 Å². The van der Waals surface area contributed by atoms with Crippen molar-refractivity contribution in [2.45, 2.75) is 0 Å². The predicted octanol–water partition coefficient (Wildman–Crippen LogP) is 4.39. The molecule has 0 fully saturated rings. The van der Waals surface area contributed by atoms with Crippen molar-refractivity contribution in [1.29, 1.82) is 0 Å². The Morgan fingerprint density at radius 3 is 2.52 bits per heavy atom. The molecule has 29 heavy (non-hydrogen) atoms. The van der Waals surface area contributed by atoms with Gasteiger partial charge in [0.15, 0.2) is 0 Å². The zero-order valence-electron chi connectivity index (χ0n) is 14.9. The van der Waals surface area contributed by atoms with Crippen molar-refractivity contribution in [2.24, 2.45) is 0 Å². The van der Waals surface area contributed by atoms with E-state index >= 15 is 0 Å². The molecular formula is C20H14FN5O3.